The van der Waals surface area contributed by atoms with Crippen LogP contribution in [0.2, 0.25) is 0 Å². The number of rotatable bonds is 4. The molecule has 1 atom stereocenters. The number of nitrogens with one attached hydrogen (secondary N) is 1. The molecule has 1 aliphatic heterocycles. The Morgan fingerprint density at radius 1 is 1.30 bits per heavy atom. The molecule has 1 aliphatic rings. The lowest BCUT2D eigenvalue weighted by molar-refractivity contribution is 0.266. The molecule has 1 saturated heterocycles. The van der Waals surface area contributed by atoms with Crippen LogP contribution in [0, 0.1) is 5.92 Å². The first-order chi connectivity index (χ1) is 9.72. The third kappa shape index (κ3) is 2.90. The van der Waals surface area contributed by atoms with Gasteiger partial charge in [0.15, 0.2) is 0 Å². The smallest absolute Gasteiger partial charge is 0.145 e. The summed E-state index contributed by atoms with van der Waals surface area (Å²) in [6.07, 6.45) is 3.10. The second-order valence-corrected chi connectivity index (χ2v) is 5.87. The Balaban J connectivity index is 1.60. The first-order valence-electron chi connectivity index (χ1n) is 7.42. The zero-order valence-corrected chi connectivity index (χ0v) is 12.2. The summed E-state index contributed by atoms with van der Waals surface area (Å²) in [7, 11) is 0. The zero-order valence-electron chi connectivity index (χ0n) is 12.2. The molecule has 1 aromatic carbocycles. The van der Waals surface area contributed by atoms with Gasteiger partial charge in [0.2, 0.25) is 0 Å². The maximum absolute atomic E-state index is 4.60. The highest BCUT2D eigenvalue weighted by atomic mass is 15.2. The lowest BCUT2D eigenvalue weighted by Gasteiger charge is -2.20. The van der Waals surface area contributed by atoms with E-state index in [1.54, 1.807) is 0 Å². The van der Waals surface area contributed by atoms with Gasteiger partial charge in [-0.3, -0.25) is 4.98 Å². The largest absolute Gasteiger partial charge is 0.368 e. The van der Waals surface area contributed by atoms with E-state index in [0.29, 0.717) is 12.0 Å². The van der Waals surface area contributed by atoms with Crippen molar-refractivity contribution in [2.75, 3.05) is 25.0 Å². The van der Waals surface area contributed by atoms with Gasteiger partial charge in [-0.1, -0.05) is 12.1 Å². The van der Waals surface area contributed by atoms with Crippen LogP contribution in [-0.2, 0) is 0 Å². The molecule has 0 aliphatic carbocycles. The van der Waals surface area contributed by atoms with Crippen molar-refractivity contribution in [1.82, 2.24) is 14.9 Å². The number of fused-ring (bicyclic) bond motifs is 1. The monoisotopic (exact) mass is 270 g/mol. The standard InChI is InChI=1S/C16H22N4/c1-12(2)20-8-7-13(11-20)9-18-16-10-17-14-5-3-4-6-15(14)19-16/h3-6,10,12-13H,7-9,11H2,1-2H3,(H,18,19). The Kier molecular flexibility index (Phi) is 3.83. The Bertz CT molecular complexity index is 581. The van der Waals surface area contributed by atoms with Gasteiger partial charge in [-0.05, 0) is 44.9 Å². The number of nitrogens with zero attached hydrogens (tertiary/aromatic N) is 3. The molecule has 2 heterocycles. The number of likely N-dealkylation sites (tertiary alicyclic amines) is 1. The Morgan fingerprint density at radius 3 is 2.85 bits per heavy atom. The molecule has 1 fully saturated rings. The number of para-hydroxylation sites is 2. The highest BCUT2D eigenvalue weighted by molar-refractivity contribution is 5.75. The summed E-state index contributed by atoms with van der Waals surface area (Å²) in [6.45, 7) is 7.92. The molecule has 1 N–H and O–H groups in total. The second kappa shape index (κ2) is 5.75. The molecule has 4 heteroatoms. The first-order valence-corrected chi connectivity index (χ1v) is 7.42. The summed E-state index contributed by atoms with van der Waals surface area (Å²) in [5, 5.41) is 3.44. The highest BCUT2D eigenvalue weighted by Crippen LogP contribution is 2.19. The van der Waals surface area contributed by atoms with E-state index in [0.717, 1.165) is 23.4 Å². The van der Waals surface area contributed by atoms with Gasteiger partial charge in [-0.25, -0.2) is 4.98 Å². The molecular formula is C16H22N4. The maximum atomic E-state index is 4.60. The quantitative estimate of drug-likeness (QED) is 0.927. The van der Waals surface area contributed by atoms with E-state index in [2.05, 4.69) is 34.0 Å². The average Bonchev–Trinajstić information content (AvgIpc) is 2.94. The molecule has 0 saturated carbocycles. The molecule has 3 rings (SSSR count). The molecule has 106 valence electrons. The van der Waals surface area contributed by atoms with Crippen molar-refractivity contribution in [2.45, 2.75) is 26.3 Å². The topological polar surface area (TPSA) is 41.0 Å². The van der Waals surface area contributed by atoms with Crippen LogP contribution in [0.3, 0.4) is 0 Å². The Hall–Kier alpha value is -1.68. The van der Waals surface area contributed by atoms with Gasteiger partial charge >= 0.3 is 0 Å². The minimum Gasteiger partial charge on any atom is -0.368 e. The van der Waals surface area contributed by atoms with Gasteiger partial charge in [0.05, 0.1) is 17.2 Å². The van der Waals surface area contributed by atoms with Crippen LogP contribution in [0.1, 0.15) is 20.3 Å². The fourth-order valence-corrected chi connectivity index (χ4v) is 2.79. The van der Waals surface area contributed by atoms with Crippen LogP contribution in [0.5, 0.6) is 0 Å². The average molecular weight is 270 g/mol. The fraction of sp³-hybridized carbons (Fsp3) is 0.500. The van der Waals surface area contributed by atoms with E-state index < -0.39 is 0 Å². The number of benzene rings is 1. The molecule has 1 aromatic heterocycles. The molecule has 0 radical (unpaired) electrons. The molecule has 0 bridgehead atoms. The van der Waals surface area contributed by atoms with E-state index in [1.807, 2.05) is 30.5 Å². The SMILES string of the molecule is CC(C)N1CCC(CNc2cnc3ccccc3n2)C1. The van der Waals surface area contributed by atoms with Crippen molar-refractivity contribution in [2.24, 2.45) is 5.92 Å². The third-order valence-electron chi connectivity index (χ3n) is 4.07. The van der Waals surface area contributed by atoms with Crippen LogP contribution < -0.4 is 5.32 Å². The minimum absolute atomic E-state index is 0.653. The highest BCUT2D eigenvalue weighted by Gasteiger charge is 2.23. The molecular weight excluding hydrogens is 248 g/mol. The summed E-state index contributed by atoms with van der Waals surface area (Å²) in [6, 6.07) is 8.63. The molecule has 2 aromatic rings. The van der Waals surface area contributed by atoms with Gasteiger partial charge in [0, 0.05) is 19.1 Å². The predicted octanol–water partition coefficient (Wildman–Crippen LogP) is 2.77. The van der Waals surface area contributed by atoms with Crippen molar-refractivity contribution >= 4 is 16.9 Å². The van der Waals surface area contributed by atoms with Crippen LogP contribution in [0.4, 0.5) is 5.82 Å². The van der Waals surface area contributed by atoms with Gasteiger partial charge < -0.3 is 10.2 Å². The van der Waals surface area contributed by atoms with Crippen molar-refractivity contribution in [3.05, 3.63) is 30.5 Å². The van der Waals surface area contributed by atoms with Gasteiger partial charge in [0.25, 0.3) is 0 Å². The van der Waals surface area contributed by atoms with Gasteiger partial charge in [-0.2, -0.15) is 0 Å². The van der Waals surface area contributed by atoms with Crippen LogP contribution in [0.15, 0.2) is 30.5 Å². The number of anilines is 1. The first kappa shape index (κ1) is 13.3. The molecule has 1 unspecified atom stereocenters. The summed E-state index contributed by atoms with van der Waals surface area (Å²) in [5.74, 6) is 1.59. The number of aromatic nitrogens is 2. The molecule has 0 spiro atoms. The lowest BCUT2D eigenvalue weighted by Crippen LogP contribution is -2.29. The Labute approximate surface area is 120 Å². The summed E-state index contributed by atoms with van der Waals surface area (Å²) < 4.78 is 0. The van der Waals surface area contributed by atoms with Crippen LogP contribution >= 0.6 is 0 Å². The Morgan fingerprint density at radius 2 is 2.10 bits per heavy atom. The fourth-order valence-electron chi connectivity index (χ4n) is 2.79. The summed E-state index contributed by atoms with van der Waals surface area (Å²) in [4.78, 5) is 11.6. The minimum atomic E-state index is 0.653. The molecule has 4 nitrogen and oxygen atoms in total. The van der Waals surface area contributed by atoms with Crippen molar-refractivity contribution < 1.29 is 0 Å². The zero-order chi connectivity index (χ0) is 13.9. The van der Waals surface area contributed by atoms with Crippen molar-refractivity contribution in [3.63, 3.8) is 0 Å². The van der Waals surface area contributed by atoms with Gasteiger partial charge in [-0.15, -0.1) is 0 Å². The summed E-state index contributed by atoms with van der Waals surface area (Å²) in [5.41, 5.74) is 1.90. The number of hydrogen-bond donors (Lipinski definition) is 1. The van der Waals surface area contributed by atoms with E-state index >= 15 is 0 Å². The maximum Gasteiger partial charge on any atom is 0.145 e. The third-order valence-corrected chi connectivity index (χ3v) is 4.07. The molecule has 20 heavy (non-hydrogen) atoms. The second-order valence-electron chi connectivity index (χ2n) is 5.87. The van der Waals surface area contributed by atoms with Crippen LogP contribution in [0.25, 0.3) is 11.0 Å². The van der Waals surface area contributed by atoms with E-state index in [1.165, 1.54) is 19.5 Å². The predicted molar refractivity (Wildman–Crippen MR) is 82.8 cm³/mol. The molecule has 0 amide bonds. The van der Waals surface area contributed by atoms with Crippen LogP contribution in [-0.4, -0.2) is 40.5 Å². The van der Waals surface area contributed by atoms with Gasteiger partial charge in [0.1, 0.15) is 5.82 Å². The van der Waals surface area contributed by atoms with Crippen molar-refractivity contribution in [1.29, 1.82) is 0 Å². The van der Waals surface area contributed by atoms with E-state index in [4.69, 9.17) is 0 Å². The van der Waals surface area contributed by atoms with E-state index in [-0.39, 0.29) is 0 Å². The number of hydrogen-bond acceptors (Lipinski definition) is 4. The van der Waals surface area contributed by atoms with Crippen molar-refractivity contribution in [3.8, 4) is 0 Å². The lowest BCUT2D eigenvalue weighted by atomic mass is 10.1. The normalized spacial score (nSPS) is 19.9. The van der Waals surface area contributed by atoms with E-state index in [9.17, 15) is 0 Å². The summed E-state index contributed by atoms with van der Waals surface area (Å²) >= 11 is 0.